The molecule has 1 amide bonds. The topological polar surface area (TPSA) is 109 Å². The summed E-state index contributed by atoms with van der Waals surface area (Å²) in [5, 5.41) is 4.65. The number of rotatable bonds is 7. The Morgan fingerprint density at radius 1 is 1.20 bits per heavy atom. The Kier molecular flexibility index (Phi) is 6.23. The van der Waals surface area contributed by atoms with E-state index in [9.17, 15) is 21.6 Å². The molecule has 0 aromatic heterocycles. The first-order valence-corrected chi connectivity index (χ1v) is 11.6. The molecule has 1 aromatic rings. The van der Waals surface area contributed by atoms with E-state index < -0.39 is 31.0 Å². The van der Waals surface area contributed by atoms with Gasteiger partial charge in [0.15, 0.2) is 19.7 Å². The number of benzene rings is 1. The fraction of sp³-hybridized carbons (Fsp3) is 0.562. The maximum atomic E-state index is 12.9. The Balaban J connectivity index is 2.24. The molecule has 2 atom stereocenters. The van der Waals surface area contributed by atoms with Crippen molar-refractivity contribution >= 4 is 31.3 Å². The molecule has 2 rings (SSSR count). The van der Waals surface area contributed by atoms with E-state index in [-0.39, 0.29) is 22.3 Å². The number of carbonyl (C=O) groups is 1. The second-order valence-electron chi connectivity index (χ2n) is 6.28. The summed E-state index contributed by atoms with van der Waals surface area (Å²) in [7, 11) is -7.19. The highest BCUT2D eigenvalue weighted by Gasteiger charge is 2.45. The monoisotopic (exact) mass is 388 g/mol. The van der Waals surface area contributed by atoms with Crippen LogP contribution in [0.3, 0.4) is 0 Å². The van der Waals surface area contributed by atoms with Crippen molar-refractivity contribution in [1.82, 2.24) is 5.32 Å². The van der Waals surface area contributed by atoms with Crippen LogP contribution in [0.5, 0.6) is 0 Å². The predicted octanol–water partition coefficient (Wildman–Crippen LogP) is 0.974. The summed E-state index contributed by atoms with van der Waals surface area (Å²) < 4.78 is 49.8. The van der Waals surface area contributed by atoms with E-state index in [1.807, 2.05) is 6.92 Å². The Labute approximate surface area is 149 Å². The Hall–Kier alpha value is -1.45. The molecule has 9 heteroatoms. The van der Waals surface area contributed by atoms with Gasteiger partial charge in [-0.05, 0) is 37.2 Å². The first-order chi connectivity index (χ1) is 11.7. The SMILES string of the molecule is CCCCNC1CS(=O)(=O)CC1S(=O)(=O)c1ccc(NC(C)=O)cc1. The number of hydrogen-bond donors (Lipinski definition) is 2. The van der Waals surface area contributed by atoms with Crippen LogP contribution in [0.25, 0.3) is 0 Å². The molecule has 1 fully saturated rings. The highest BCUT2D eigenvalue weighted by atomic mass is 32.2. The molecule has 1 heterocycles. The van der Waals surface area contributed by atoms with E-state index >= 15 is 0 Å². The normalized spacial score (nSPS) is 22.6. The van der Waals surface area contributed by atoms with E-state index in [0.29, 0.717) is 12.2 Å². The zero-order chi connectivity index (χ0) is 18.7. The largest absolute Gasteiger partial charge is 0.326 e. The smallest absolute Gasteiger partial charge is 0.221 e. The van der Waals surface area contributed by atoms with Gasteiger partial charge in [0.05, 0.1) is 21.7 Å². The number of sulfone groups is 2. The molecule has 0 radical (unpaired) electrons. The van der Waals surface area contributed by atoms with E-state index in [1.54, 1.807) is 0 Å². The summed E-state index contributed by atoms with van der Waals surface area (Å²) in [5.74, 6) is -0.783. The van der Waals surface area contributed by atoms with Crippen molar-refractivity contribution in [2.45, 2.75) is 42.9 Å². The lowest BCUT2D eigenvalue weighted by atomic mass is 10.2. The zero-order valence-electron chi connectivity index (χ0n) is 14.4. The van der Waals surface area contributed by atoms with Crippen LogP contribution in [0.15, 0.2) is 29.2 Å². The number of amides is 1. The molecule has 1 saturated heterocycles. The van der Waals surface area contributed by atoms with Crippen molar-refractivity contribution in [3.63, 3.8) is 0 Å². The lowest BCUT2D eigenvalue weighted by Gasteiger charge is -2.20. The van der Waals surface area contributed by atoms with Gasteiger partial charge in [-0.15, -0.1) is 0 Å². The number of nitrogens with one attached hydrogen (secondary N) is 2. The maximum Gasteiger partial charge on any atom is 0.221 e. The molecule has 0 aliphatic carbocycles. The van der Waals surface area contributed by atoms with Crippen molar-refractivity contribution in [2.75, 3.05) is 23.4 Å². The molecule has 0 spiro atoms. The first kappa shape index (κ1) is 19.9. The number of unbranched alkanes of at least 4 members (excludes halogenated alkanes) is 1. The van der Waals surface area contributed by atoms with Crippen molar-refractivity contribution in [3.8, 4) is 0 Å². The van der Waals surface area contributed by atoms with E-state index in [2.05, 4.69) is 10.6 Å². The van der Waals surface area contributed by atoms with Gasteiger partial charge in [-0.2, -0.15) is 0 Å². The van der Waals surface area contributed by atoms with Crippen LogP contribution in [0.4, 0.5) is 5.69 Å². The summed E-state index contributed by atoms with van der Waals surface area (Å²) in [6.45, 7) is 3.96. The van der Waals surface area contributed by atoms with Crippen LogP contribution in [-0.4, -0.2) is 52.1 Å². The van der Waals surface area contributed by atoms with Gasteiger partial charge >= 0.3 is 0 Å². The molecule has 0 saturated carbocycles. The molecular weight excluding hydrogens is 364 g/mol. The Morgan fingerprint density at radius 3 is 2.40 bits per heavy atom. The summed E-state index contributed by atoms with van der Waals surface area (Å²) in [6.07, 6.45) is 1.79. The Morgan fingerprint density at radius 2 is 1.84 bits per heavy atom. The molecule has 2 N–H and O–H groups in total. The molecular formula is C16H24N2O5S2. The number of carbonyl (C=O) groups excluding carboxylic acids is 1. The van der Waals surface area contributed by atoms with Crippen molar-refractivity contribution in [1.29, 1.82) is 0 Å². The van der Waals surface area contributed by atoms with Crippen molar-refractivity contribution in [2.24, 2.45) is 0 Å². The van der Waals surface area contributed by atoms with Crippen LogP contribution < -0.4 is 10.6 Å². The summed E-state index contributed by atoms with van der Waals surface area (Å²) in [6, 6.07) is 5.19. The molecule has 7 nitrogen and oxygen atoms in total. The average Bonchev–Trinajstić information content (AvgIpc) is 2.83. The van der Waals surface area contributed by atoms with Crippen molar-refractivity contribution < 1.29 is 21.6 Å². The fourth-order valence-electron chi connectivity index (χ4n) is 2.88. The fourth-order valence-corrected chi connectivity index (χ4v) is 7.60. The van der Waals surface area contributed by atoms with Crippen LogP contribution in [0.2, 0.25) is 0 Å². The maximum absolute atomic E-state index is 12.9. The molecule has 1 aliphatic heterocycles. The second kappa shape index (κ2) is 7.84. The lowest BCUT2D eigenvalue weighted by Crippen LogP contribution is -2.43. The third-order valence-corrected chi connectivity index (χ3v) is 8.31. The van der Waals surface area contributed by atoms with Gasteiger partial charge in [0.1, 0.15) is 0 Å². The summed E-state index contributed by atoms with van der Waals surface area (Å²) in [5.41, 5.74) is 0.489. The molecule has 2 unspecified atom stereocenters. The third-order valence-electron chi connectivity index (χ3n) is 4.14. The standard InChI is InChI=1S/C16H24N2O5S2/c1-3-4-9-17-15-10-24(20,21)11-16(15)25(22,23)14-7-5-13(6-8-14)18-12(2)19/h5-8,15-17H,3-4,9-11H2,1-2H3,(H,18,19). The van der Waals surface area contributed by atoms with Crippen LogP contribution in [-0.2, 0) is 24.5 Å². The minimum atomic E-state index is -3.80. The minimum Gasteiger partial charge on any atom is -0.326 e. The van der Waals surface area contributed by atoms with Gasteiger partial charge in [0, 0.05) is 18.7 Å². The highest BCUT2D eigenvalue weighted by Crippen LogP contribution is 2.27. The zero-order valence-corrected chi connectivity index (χ0v) is 16.0. The van der Waals surface area contributed by atoms with Gasteiger partial charge < -0.3 is 10.6 Å². The quantitative estimate of drug-likeness (QED) is 0.674. The average molecular weight is 389 g/mol. The van der Waals surface area contributed by atoms with E-state index in [0.717, 1.165) is 12.8 Å². The minimum absolute atomic E-state index is 0.0611. The Bertz CT molecular complexity index is 817. The highest BCUT2D eigenvalue weighted by molar-refractivity contribution is 7.96. The van der Waals surface area contributed by atoms with E-state index in [1.165, 1.54) is 31.2 Å². The number of anilines is 1. The molecule has 25 heavy (non-hydrogen) atoms. The van der Waals surface area contributed by atoms with Gasteiger partial charge in [-0.1, -0.05) is 13.3 Å². The molecule has 1 aliphatic rings. The predicted molar refractivity (Wildman–Crippen MR) is 97.1 cm³/mol. The van der Waals surface area contributed by atoms with Crippen LogP contribution in [0.1, 0.15) is 26.7 Å². The van der Waals surface area contributed by atoms with Gasteiger partial charge in [0.2, 0.25) is 5.91 Å². The third kappa shape index (κ3) is 5.02. The van der Waals surface area contributed by atoms with Gasteiger partial charge in [-0.25, -0.2) is 16.8 Å². The molecule has 0 bridgehead atoms. The first-order valence-electron chi connectivity index (χ1n) is 8.21. The second-order valence-corrected chi connectivity index (χ2v) is 10.6. The van der Waals surface area contributed by atoms with Crippen LogP contribution >= 0.6 is 0 Å². The van der Waals surface area contributed by atoms with Crippen molar-refractivity contribution in [3.05, 3.63) is 24.3 Å². The number of hydrogen-bond acceptors (Lipinski definition) is 6. The van der Waals surface area contributed by atoms with Crippen LogP contribution in [0, 0.1) is 0 Å². The van der Waals surface area contributed by atoms with Gasteiger partial charge in [-0.3, -0.25) is 4.79 Å². The molecule has 140 valence electrons. The van der Waals surface area contributed by atoms with Gasteiger partial charge in [0.25, 0.3) is 0 Å². The lowest BCUT2D eigenvalue weighted by molar-refractivity contribution is -0.114. The summed E-state index contributed by atoms with van der Waals surface area (Å²) in [4.78, 5) is 11.1. The summed E-state index contributed by atoms with van der Waals surface area (Å²) >= 11 is 0. The van der Waals surface area contributed by atoms with E-state index in [4.69, 9.17) is 0 Å². The molecule has 1 aromatic carbocycles.